The zero-order valence-corrected chi connectivity index (χ0v) is 64.7. The predicted octanol–water partition coefficient (Wildman–Crippen LogP) is 28.6. The molecule has 0 saturated heterocycles. The van der Waals surface area contributed by atoms with Gasteiger partial charge in [-0.1, -0.05) is 384 Å². The molecule has 0 amide bonds. The standard InChI is InChI=1S/C19H16.C19H22.C19H18.C19H14.C17H18.C15H14/c1-19(2)16-10-6-5-9-15(16)18-14-8-4-3-7-13(14)11-12-17(18)19;3*1-3-13-19(14-4-2)17-11-7-5-9-15(17)16-10-6-8-12-18(16)19;1-3-17(4-2)15-11-7-5-9-13(15)14-10-6-8-12-16(14)17;1-15(2)13-9-5-3-7-11(13)12-8-4-6-10-14(12)15/h3-12H,1-2H3;5-12H,3-4,13-14H2,1-2H3;3-12H,1-2,13-14H2;1-2,5-12H,13-14H2;5-12H,3-4H2,1-2H3;3-10H,1-2H3. The number of terminal acetylenes is 2. The molecular weight excluding hydrogens is 1300 g/mol. The second kappa shape index (κ2) is 30.9. The van der Waals surface area contributed by atoms with Crippen molar-refractivity contribution in [2.75, 3.05) is 0 Å². The first kappa shape index (κ1) is 73.6. The Morgan fingerprint density at radius 3 is 0.833 bits per heavy atom. The summed E-state index contributed by atoms with van der Waals surface area (Å²) in [7, 11) is 0. The molecule has 0 radical (unpaired) electrons. The van der Waals surface area contributed by atoms with E-state index in [9.17, 15) is 0 Å². The van der Waals surface area contributed by atoms with Gasteiger partial charge in [-0.05, 0) is 183 Å². The van der Waals surface area contributed by atoms with Gasteiger partial charge in [0.15, 0.2) is 0 Å². The van der Waals surface area contributed by atoms with E-state index in [2.05, 4.69) is 384 Å². The molecule has 0 aromatic heterocycles. The fourth-order valence-corrected chi connectivity index (χ4v) is 20.1. The van der Waals surface area contributed by atoms with Crippen LogP contribution in [0.25, 0.3) is 77.5 Å². The molecule has 0 unspecified atom stereocenters. The average molecular weight is 1400 g/mol. The van der Waals surface area contributed by atoms with Gasteiger partial charge in [0.2, 0.25) is 0 Å². The number of benzene rings is 13. The average Bonchev–Trinajstić information content (AvgIpc) is 1.66. The molecule has 108 heavy (non-hydrogen) atoms. The van der Waals surface area contributed by atoms with Crippen molar-refractivity contribution in [1.82, 2.24) is 0 Å². The summed E-state index contributed by atoms with van der Waals surface area (Å²) in [5.74, 6) is 5.64. The highest BCUT2D eigenvalue weighted by atomic mass is 14.5. The first-order chi connectivity index (χ1) is 52.7. The Kier molecular flexibility index (Phi) is 21.1. The lowest BCUT2D eigenvalue weighted by Gasteiger charge is -2.31. The minimum absolute atomic E-state index is 0.0245. The maximum atomic E-state index is 5.62. The summed E-state index contributed by atoms with van der Waals surface area (Å²) in [4.78, 5) is 0. The van der Waals surface area contributed by atoms with Crippen LogP contribution in [-0.2, 0) is 32.5 Å². The van der Waals surface area contributed by atoms with Gasteiger partial charge in [0, 0.05) is 45.3 Å². The van der Waals surface area contributed by atoms with Gasteiger partial charge >= 0.3 is 0 Å². The predicted molar refractivity (Wildman–Crippen MR) is 463 cm³/mol. The van der Waals surface area contributed by atoms with Crippen LogP contribution in [0, 0.1) is 24.7 Å². The molecule has 6 aliphatic rings. The summed E-state index contributed by atoms with van der Waals surface area (Å²) in [6, 6.07) is 110. The maximum absolute atomic E-state index is 5.62. The van der Waals surface area contributed by atoms with E-state index in [0.29, 0.717) is 12.8 Å². The van der Waals surface area contributed by atoms with E-state index in [1.807, 2.05) is 12.2 Å². The Labute approximate surface area is 645 Å². The van der Waals surface area contributed by atoms with Crippen LogP contribution < -0.4 is 0 Å². The van der Waals surface area contributed by atoms with Crippen LogP contribution in [-0.4, -0.2) is 0 Å². The Morgan fingerprint density at radius 1 is 0.269 bits per heavy atom. The number of hydrogen-bond donors (Lipinski definition) is 0. The molecule has 0 spiro atoms. The van der Waals surface area contributed by atoms with E-state index < -0.39 is 0 Å². The van der Waals surface area contributed by atoms with Gasteiger partial charge in [-0.15, -0.1) is 37.8 Å². The molecule has 0 heterocycles. The van der Waals surface area contributed by atoms with Crippen LogP contribution in [0.4, 0.5) is 0 Å². The van der Waals surface area contributed by atoms with Crippen molar-refractivity contribution < 1.29 is 0 Å². The summed E-state index contributed by atoms with van der Waals surface area (Å²) in [6.07, 6.45) is 25.8. The van der Waals surface area contributed by atoms with Crippen LogP contribution in [0.3, 0.4) is 0 Å². The summed E-state index contributed by atoms with van der Waals surface area (Å²) >= 11 is 0. The van der Waals surface area contributed by atoms with E-state index in [1.54, 1.807) is 11.1 Å². The molecule has 0 heteroatoms. The fourth-order valence-electron chi connectivity index (χ4n) is 20.1. The van der Waals surface area contributed by atoms with Crippen molar-refractivity contribution >= 4 is 10.8 Å². The van der Waals surface area contributed by atoms with Crippen molar-refractivity contribution in [1.29, 1.82) is 0 Å². The minimum Gasteiger partial charge on any atom is -0.120 e. The molecule has 0 fully saturated rings. The van der Waals surface area contributed by atoms with Gasteiger partial charge < -0.3 is 0 Å². The van der Waals surface area contributed by atoms with Gasteiger partial charge in [-0.3, -0.25) is 0 Å². The van der Waals surface area contributed by atoms with Crippen molar-refractivity contribution in [2.24, 2.45) is 0 Å². The number of fused-ring (bicyclic) bond motifs is 20. The molecule has 13 aromatic rings. The van der Waals surface area contributed by atoms with Gasteiger partial charge in [-0.25, -0.2) is 0 Å². The fraction of sp³-hybridized carbons (Fsp3) is 0.222. The van der Waals surface area contributed by atoms with Crippen molar-refractivity contribution in [3.8, 4) is 91.4 Å². The van der Waals surface area contributed by atoms with E-state index in [-0.39, 0.29) is 32.5 Å². The summed E-state index contributed by atoms with van der Waals surface area (Å²) in [5, 5.41) is 2.70. The van der Waals surface area contributed by atoms with Crippen molar-refractivity contribution in [3.05, 3.63) is 395 Å². The number of rotatable bonds is 12. The van der Waals surface area contributed by atoms with Crippen LogP contribution >= 0.6 is 0 Å². The molecule has 0 bridgehead atoms. The molecule has 534 valence electrons. The zero-order chi connectivity index (χ0) is 75.3. The van der Waals surface area contributed by atoms with Gasteiger partial charge in [0.25, 0.3) is 0 Å². The Balaban J connectivity index is 0.000000109. The first-order valence-electron chi connectivity index (χ1n) is 39.4. The topological polar surface area (TPSA) is 0 Å². The minimum atomic E-state index is -0.212. The molecule has 0 atom stereocenters. The molecule has 0 aliphatic heterocycles. The lowest BCUT2D eigenvalue weighted by atomic mass is 9.71. The highest BCUT2D eigenvalue weighted by Gasteiger charge is 2.45. The highest BCUT2D eigenvalue weighted by Crippen LogP contribution is 2.58. The van der Waals surface area contributed by atoms with Crippen molar-refractivity contribution in [3.63, 3.8) is 0 Å². The van der Waals surface area contributed by atoms with E-state index in [1.165, 1.54) is 172 Å². The second-order valence-corrected chi connectivity index (χ2v) is 31.2. The van der Waals surface area contributed by atoms with Crippen LogP contribution in [0.15, 0.2) is 329 Å². The molecule has 0 saturated carbocycles. The number of allylic oxidation sites excluding steroid dienone is 2. The van der Waals surface area contributed by atoms with Gasteiger partial charge in [0.1, 0.15) is 0 Å². The Hall–Kier alpha value is -11.3. The Morgan fingerprint density at radius 2 is 0.519 bits per heavy atom. The molecule has 19 rings (SSSR count). The first-order valence-corrected chi connectivity index (χ1v) is 39.4. The highest BCUT2D eigenvalue weighted by molar-refractivity contribution is 6.02. The Bertz CT molecular complexity index is 5290. The third kappa shape index (κ3) is 12.3. The molecule has 6 aliphatic carbocycles. The van der Waals surface area contributed by atoms with E-state index >= 15 is 0 Å². The van der Waals surface area contributed by atoms with Crippen LogP contribution in [0.5, 0.6) is 0 Å². The lowest BCUT2D eigenvalue weighted by molar-refractivity contribution is 0.436. The summed E-state index contributed by atoms with van der Waals surface area (Å²) in [5.41, 5.74) is 34.6. The summed E-state index contributed by atoms with van der Waals surface area (Å²) in [6.45, 7) is 26.4. The third-order valence-electron chi connectivity index (χ3n) is 25.0. The van der Waals surface area contributed by atoms with E-state index in [4.69, 9.17) is 12.8 Å². The normalized spacial score (nSPS) is 15.0. The monoisotopic (exact) mass is 1400 g/mol. The van der Waals surface area contributed by atoms with Crippen LogP contribution in [0.1, 0.15) is 186 Å². The smallest absolute Gasteiger partial charge is 0.0432 e. The molecule has 0 nitrogen and oxygen atoms in total. The lowest BCUT2D eigenvalue weighted by Crippen LogP contribution is -2.24. The SMILES string of the molecule is C#CCC1(CC#C)c2ccccc2-c2ccccc21.C=CCC1(CC=C)c2ccccc2-c2ccccc21.CC1(C)c2ccccc2-c2c1ccc1ccccc21.CC1(C)c2ccccc2-c2ccccc21.CCC1(CC)c2ccccc2-c2ccccc21.CCCC1(CCC)c2ccccc2-c2ccccc21. The maximum Gasteiger partial charge on any atom is 0.0432 e. The summed E-state index contributed by atoms with van der Waals surface area (Å²) < 4.78 is 0. The van der Waals surface area contributed by atoms with Gasteiger partial charge in [-0.2, -0.15) is 0 Å². The van der Waals surface area contributed by atoms with E-state index in [0.717, 1.165) is 12.8 Å². The molecule has 0 N–H and O–H groups in total. The zero-order valence-electron chi connectivity index (χ0n) is 64.7. The second-order valence-electron chi connectivity index (χ2n) is 31.2. The quantitative estimate of drug-likeness (QED) is 0.0845. The van der Waals surface area contributed by atoms with Crippen molar-refractivity contribution in [2.45, 2.75) is 152 Å². The third-order valence-corrected chi connectivity index (χ3v) is 25.0. The number of hydrogen-bond acceptors (Lipinski definition) is 0. The molecule has 13 aromatic carbocycles. The largest absolute Gasteiger partial charge is 0.120 e. The van der Waals surface area contributed by atoms with Gasteiger partial charge in [0.05, 0.1) is 0 Å². The van der Waals surface area contributed by atoms with Crippen LogP contribution in [0.2, 0.25) is 0 Å². The molecular formula is C108H102.